The zero-order valence-corrected chi connectivity index (χ0v) is 23.8. The lowest BCUT2D eigenvalue weighted by atomic mass is 9.95. The Hall–Kier alpha value is -3.31. The van der Waals surface area contributed by atoms with Gasteiger partial charge in [0.1, 0.15) is 22.3 Å². The van der Waals surface area contributed by atoms with E-state index in [9.17, 15) is 14.4 Å². The number of amides is 1. The van der Waals surface area contributed by atoms with Crippen molar-refractivity contribution in [2.24, 2.45) is 0 Å². The van der Waals surface area contributed by atoms with E-state index in [1.54, 1.807) is 24.7 Å². The average Bonchev–Trinajstić information content (AvgIpc) is 3.62. The van der Waals surface area contributed by atoms with Crippen LogP contribution in [0.3, 0.4) is 0 Å². The van der Waals surface area contributed by atoms with Gasteiger partial charge in [-0.3, -0.25) is 14.3 Å². The summed E-state index contributed by atoms with van der Waals surface area (Å²) in [7, 11) is 0. The molecule has 4 heterocycles. The van der Waals surface area contributed by atoms with Gasteiger partial charge in [-0.2, -0.15) is 10.2 Å². The molecule has 4 aromatic rings. The van der Waals surface area contributed by atoms with E-state index in [1.807, 2.05) is 38.3 Å². The topological polar surface area (TPSA) is 108 Å². The molecule has 0 radical (unpaired) electrons. The molecule has 1 atom stereocenters. The molecule has 9 nitrogen and oxygen atoms in total. The predicted octanol–water partition coefficient (Wildman–Crippen LogP) is 5.39. The van der Waals surface area contributed by atoms with Gasteiger partial charge >= 0.3 is 5.97 Å². The first-order valence-corrected chi connectivity index (χ1v) is 14.5. The highest BCUT2D eigenvalue weighted by Crippen LogP contribution is 2.39. The standard InChI is InChI=1S/C27H31N5O4S2/c1-6-36-26(35)20-16-10-7-8-11-18(16)38-24(20)29-23(33)15(2)31-25(34)22-17(14-28-32(22)27(3,4)5)21(30-31)19-12-9-13-37-19/h9,12-15H,6-8,10-11H2,1-5H3,(H,29,33). The highest BCUT2D eigenvalue weighted by atomic mass is 32.1. The van der Waals surface area contributed by atoms with E-state index < -0.39 is 29.0 Å². The van der Waals surface area contributed by atoms with Gasteiger partial charge in [-0.05, 0) is 77.3 Å². The molecule has 0 spiro atoms. The number of hydrogen-bond acceptors (Lipinski definition) is 8. The van der Waals surface area contributed by atoms with Crippen molar-refractivity contribution in [1.82, 2.24) is 19.6 Å². The number of nitrogens with one attached hydrogen (secondary N) is 1. The molecular weight excluding hydrogens is 522 g/mol. The molecule has 200 valence electrons. The molecule has 4 aromatic heterocycles. The largest absolute Gasteiger partial charge is 0.462 e. The number of anilines is 1. The Balaban J connectivity index is 1.58. The summed E-state index contributed by atoms with van der Waals surface area (Å²) in [5.74, 6) is -0.859. The Morgan fingerprint density at radius 3 is 2.68 bits per heavy atom. The SMILES string of the molecule is CCOC(=O)c1c(NC(=O)C(C)n2nc(-c3cccs3)c3cnn(C(C)(C)C)c3c2=O)sc2c1CCCC2. The molecule has 0 aromatic carbocycles. The molecule has 0 fully saturated rings. The number of ether oxygens (including phenoxy) is 1. The third-order valence-electron chi connectivity index (χ3n) is 6.67. The van der Waals surface area contributed by atoms with Crippen LogP contribution in [0.25, 0.3) is 21.5 Å². The number of esters is 1. The monoisotopic (exact) mass is 553 g/mol. The Labute approximate surface area is 228 Å². The lowest BCUT2D eigenvalue weighted by Crippen LogP contribution is -2.36. The van der Waals surface area contributed by atoms with Crippen LogP contribution in [-0.4, -0.2) is 38.0 Å². The Kier molecular flexibility index (Phi) is 6.99. The number of hydrogen-bond donors (Lipinski definition) is 1. The first-order valence-electron chi connectivity index (χ1n) is 12.8. The normalized spacial score (nSPS) is 14.3. The van der Waals surface area contributed by atoms with Crippen molar-refractivity contribution in [3.05, 3.63) is 50.1 Å². The van der Waals surface area contributed by atoms with Crippen LogP contribution >= 0.6 is 22.7 Å². The Morgan fingerprint density at radius 2 is 2.00 bits per heavy atom. The number of aromatic nitrogens is 4. The van der Waals surface area contributed by atoms with Crippen LogP contribution < -0.4 is 10.9 Å². The summed E-state index contributed by atoms with van der Waals surface area (Å²) in [5, 5.41) is 15.2. The van der Waals surface area contributed by atoms with Gasteiger partial charge in [0.15, 0.2) is 0 Å². The molecule has 11 heteroatoms. The number of aryl methyl sites for hydroxylation is 1. The van der Waals surface area contributed by atoms with Gasteiger partial charge < -0.3 is 10.1 Å². The van der Waals surface area contributed by atoms with Crippen LogP contribution in [0.2, 0.25) is 0 Å². The molecular formula is C27H31N5O4S2. The maximum Gasteiger partial charge on any atom is 0.341 e. The minimum atomic E-state index is -0.942. The van der Waals surface area contributed by atoms with E-state index in [0.29, 0.717) is 27.2 Å². The fraction of sp³-hybridized carbons (Fsp3) is 0.444. The number of rotatable bonds is 6. The summed E-state index contributed by atoms with van der Waals surface area (Å²) in [5.41, 5.74) is 1.55. The third kappa shape index (κ3) is 4.58. The quantitative estimate of drug-likeness (QED) is 0.321. The molecule has 1 unspecified atom stereocenters. The van der Waals surface area contributed by atoms with E-state index in [1.165, 1.54) is 27.4 Å². The number of thiophene rings is 2. The second kappa shape index (κ2) is 10.1. The van der Waals surface area contributed by atoms with Crippen molar-refractivity contribution in [1.29, 1.82) is 0 Å². The van der Waals surface area contributed by atoms with E-state index in [-0.39, 0.29) is 6.61 Å². The van der Waals surface area contributed by atoms with Crippen molar-refractivity contribution >= 4 is 50.5 Å². The zero-order valence-electron chi connectivity index (χ0n) is 22.2. The first kappa shape index (κ1) is 26.3. The fourth-order valence-electron chi connectivity index (χ4n) is 4.81. The molecule has 0 saturated heterocycles. The summed E-state index contributed by atoms with van der Waals surface area (Å²) in [6.45, 7) is 9.57. The zero-order chi connectivity index (χ0) is 27.2. The second-order valence-electron chi connectivity index (χ2n) is 10.4. The Morgan fingerprint density at radius 1 is 1.24 bits per heavy atom. The maximum absolute atomic E-state index is 13.8. The molecule has 1 aliphatic carbocycles. The van der Waals surface area contributed by atoms with Crippen molar-refractivity contribution in [2.75, 3.05) is 11.9 Å². The molecule has 0 saturated carbocycles. The molecule has 1 N–H and O–H groups in total. The molecule has 0 aliphatic heterocycles. The molecule has 5 rings (SSSR count). The lowest BCUT2D eigenvalue weighted by molar-refractivity contribution is -0.119. The van der Waals surface area contributed by atoms with Crippen LogP contribution in [0.1, 0.15) is 74.3 Å². The van der Waals surface area contributed by atoms with E-state index >= 15 is 0 Å². The minimum Gasteiger partial charge on any atom is -0.462 e. The maximum atomic E-state index is 13.8. The summed E-state index contributed by atoms with van der Waals surface area (Å²) in [4.78, 5) is 42.2. The van der Waals surface area contributed by atoms with E-state index in [2.05, 4.69) is 15.5 Å². The summed E-state index contributed by atoms with van der Waals surface area (Å²) >= 11 is 2.92. The van der Waals surface area contributed by atoms with Crippen molar-refractivity contribution in [3.8, 4) is 10.6 Å². The van der Waals surface area contributed by atoms with Crippen molar-refractivity contribution in [3.63, 3.8) is 0 Å². The van der Waals surface area contributed by atoms with Crippen LogP contribution in [0, 0.1) is 0 Å². The average molecular weight is 554 g/mol. The van der Waals surface area contributed by atoms with Crippen LogP contribution in [0.15, 0.2) is 28.5 Å². The van der Waals surface area contributed by atoms with Gasteiger partial charge in [0.2, 0.25) is 5.91 Å². The molecule has 0 bridgehead atoms. The van der Waals surface area contributed by atoms with Gasteiger partial charge in [0.25, 0.3) is 5.56 Å². The number of fused-ring (bicyclic) bond motifs is 2. The van der Waals surface area contributed by atoms with E-state index in [4.69, 9.17) is 4.74 Å². The van der Waals surface area contributed by atoms with Gasteiger partial charge in [0, 0.05) is 4.88 Å². The van der Waals surface area contributed by atoms with Crippen LogP contribution in [0.5, 0.6) is 0 Å². The van der Waals surface area contributed by atoms with Crippen molar-refractivity contribution in [2.45, 2.75) is 71.9 Å². The smallest absolute Gasteiger partial charge is 0.341 e. The van der Waals surface area contributed by atoms with Crippen LogP contribution in [-0.2, 0) is 27.9 Å². The van der Waals surface area contributed by atoms with Gasteiger partial charge in [0.05, 0.1) is 34.2 Å². The summed E-state index contributed by atoms with van der Waals surface area (Å²) in [6.07, 6.45) is 5.36. The van der Waals surface area contributed by atoms with E-state index in [0.717, 1.165) is 41.0 Å². The number of carbonyl (C=O) groups excluding carboxylic acids is 2. The highest BCUT2D eigenvalue weighted by molar-refractivity contribution is 7.17. The summed E-state index contributed by atoms with van der Waals surface area (Å²) in [6, 6.07) is 2.91. The third-order valence-corrected chi connectivity index (χ3v) is 8.75. The van der Waals surface area contributed by atoms with Crippen LogP contribution in [0.4, 0.5) is 5.00 Å². The number of nitrogens with zero attached hydrogens (tertiary/aromatic N) is 4. The summed E-state index contributed by atoms with van der Waals surface area (Å²) < 4.78 is 8.24. The lowest BCUT2D eigenvalue weighted by Gasteiger charge is -2.21. The van der Waals surface area contributed by atoms with Gasteiger partial charge in [-0.25, -0.2) is 9.48 Å². The van der Waals surface area contributed by atoms with Gasteiger partial charge in [-0.15, -0.1) is 22.7 Å². The highest BCUT2D eigenvalue weighted by Gasteiger charge is 2.30. The second-order valence-corrected chi connectivity index (χ2v) is 12.4. The van der Waals surface area contributed by atoms with Crippen molar-refractivity contribution < 1.29 is 14.3 Å². The number of carbonyl (C=O) groups is 2. The minimum absolute atomic E-state index is 0.250. The molecule has 1 amide bonds. The fourth-order valence-corrected chi connectivity index (χ4v) is 6.81. The predicted molar refractivity (Wildman–Crippen MR) is 150 cm³/mol. The molecule has 38 heavy (non-hydrogen) atoms. The molecule has 1 aliphatic rings. The van der Waals surface area contributed by atoms with Gasteiger partial charge in [-0.1, -0.05) is 6.07 Å². The Bertz CT molecular complexity index is 1570. The first-order chi connectivity index (χ1) is 18.1.